The van der Waals surface area contributed by atoms with Gasteiger partial charge in [0.05, 0.1) is 0 Å². The van der Waals surface area contributed by atoms with Gasteiger partial charge in [0.15, 0.2) is 0 Å². The van der Waals surface area contributed by atoms with Crippen LogP contribution >= 0.6 is 0 Å². The molecular formula is C13H16N4O2S. The first-order valence-corrected chi connectivity index (χ1v) is 8.00. The van der Waals surface area contributed by atoms with E-state index in [0.29, 0.717) is 5.82 Å². The molecule has 1 aromatic carbocycles. The molecule has 0 radical (unpaired) electrons. The molecule has 1 unspecified atom stereocenters. The molecule has 6 nitrogen and oxygen atoms in total. The monoisotopic (exact) mass is 292 g/mol. The van der Waals surface area contributed by atoms with Crippen molar-refractivity contribution in [3.05, 3.63) is 41.2 Å². The van der Waals surface area contributed by atoms with Gasteiger partial charge in [-0.3, -0.25) is 0 Å². The lowest BCUT2D eigenvalue weighted by atomic mass is 9.83. The van der Waals surface area contributed by atoms with Gasteiger partial charge in [-0.15, -0.1) is 10.2 Å². The molecule has 1 atom stereocenters. The van der Waals surface area contributed by atoms with E-state index in [1.54, 1.807) is 7.05 Å². The molecule has 1 aliphatic carbocycles. The Kier molecular flexibility index (Phi) is 3.10. The summed E-state index contributed by atoms with van der Waals surface area (Å²) in [6.45, 7) is 0. The van der Waals surface area contributed by atoms with Gasteiger partial charge in [0, 0.05) is 13.0 Å². The highest BCUT2D eigenvalue weighted by Crippen LogP contribution is 2.31. The summed E-state index contributed by atoms with van der Waals surface area (Å²) in [5, 5.41) is 12.7. The number of benzene rings is 1. The van der Waals surface area contributed by atoms with Crippen molar-refractivity contribution in [2.24, 2.45) is 12.2 Å². The SMILES string of the molecule is Cn1c(C2CCc3ccccc3C2)nnc1S(N)(=O)=O. The molecule has 106 valence electrons. The standard InChI is InChI=1S/C13H16N4O2S/c1-17-12(15-16-13(17)20(14,18)19)11-7-6-9-4-2-3-5-10(9)8-11/h2-5,11H,6-8H2,1H3,(H2,14,18,19). The zero-order valence-corrected chi connectivity index (χ0v) is 12.0. The summed E-state index contributed by atoms with van der Waals surface area (Å²) in [5.41, 5.74) is 2.65. The maximum absolute atomic E-state index is 11.4. The molecule has 0 aliphatic heterocycles. The van der Waals surface area contributed by atoms with Crippen molar-refractivity contribution in [1.29, 1.82) is 0 Å². The molecule has 1 aromatic heterocycles. The van der Waals surface area contributed by atoms with Gasteiger partial charge in [-0.05, 0) is 30.4 Å². The fourth-order valence-corrected chi connectivity index (χ4v) is 3.48. The number of hydrogen-bond donors (Lipinski definition) is 1. The largest absolute Gasteiger partial charge is 0.304 e. The second-order valence-electron chi connectivity index (χ2n) is 5.15. The van der Waals surface area contributed by atoms with Crippen LogP contribution in [0.4, 0.5) is 0 Å². The van der Waals surface area contributed by atoms with E-state index in [-0.39, 0.29) is 11.1 Å². The third-order valence-corrected chi connectivity index (χ3v) is 4.70. The molecule has 1 aliphatic rings. The summed E-state index contributed by atoms with van der Waals surface area (Å²) in [5.74, 6) is 0.862. The molecule has 0 saturated heterocycles. The van der Waals surface area contributed by atoms with Crippen LogP contribution in [-0.4, -0.2) is 23.2 Å². The van der Waals surface area contributed by atoms with Gasteiger partial charge in [-0.25, -0.2) is 13.6 Å². The molecule has 1 heterocycles. The number of aryl methyl sites for hydroxylation is 1. The topological polar surface area (TPSA) is 90.9 Å². The third-order valence-electron chi connectivity index (χ3n) is 3.84. The normalized spacial score (nSPS) is 18.8. The first-order valence-electron chi connectivity index (χ1n) is 6.45. The van der Waals surface area contributed by atoms with Crippen molar-refractivity contribution in [3.8, 4) is 0 Å². The molecule has 2 aromatic rings. The third kappa shape index (κ3) is 2.23. The second kappa shape index (κ2) is 4.68. The molecule has 7 heteroatoms. The van der Waals surface area contributed by atoms with Crippen LogP contribution in [0, 0.1) is 0 Å². The van der Waals surface area contributed by atoms with Crippen molar-refractivity contribution in [2.75, 3.05) is 0 Å². The van der Waals surface area contributed by atoms with Crippen LogP contribution in [0.3, 0.4) is 0 Å². The number of nitrogens with two attached hydrogens (primary N) is 1. The van der Waals surface area contributed by atoms with Gasteiger partial charge in [-0.2, -0.15) is 0 Å². The minimum atomic E-state index is -3.82. The molecular weight excluding hydrogens is 276 g/mol. The Morgan fingerprint density at radius 1 is 1.25 bits per heavy atom. The van der Waals surface area contributed by atoms with E-state index in [4.69, 9.17) is 5.14 Å². The number of nitrogens with zero attached hydrogens (tertiary/aromatic N) is 3. The van der Waals surface area contributed by atoms with E-state index in [2.05, 4.69) is 22.3 Å². The van der Waals surface area contributed by atoms with Gasteiger partial charge in [0.25, 0.3) is 15.2 Å². The number of hydrogen-bond acceptors (Lipinski definition) is 4. The number of fused-ring (bicyclic) bond motifs is 1. The molecule has 0 saturated carbocycles. The van der Waals surface area contributed by atoms with Crippen molar-refractivity contribution in [2.45, 2.75) is 30.3 Å². The highest BCUT2D eigenvalue weighted by atomic mass is 32.2. The van der Waals surface area contributed by atoms with E-state index in [0.717, 1.165) is 19.3 Å². The van der Waals surface area contributed by atoms with Crippen LogP contribution in [0.1, 0.15) is 29.3 Å². The first-order chi connectivity index (χ1) is 9.47. The predicted octanol–water partition coefficient (Wildman–Crippen LogP) is 0.735. The smallest absolute Gasteiger partial charge is 0.273 e. The highest BCUT2D eigenvalue weighted by molar-refractivity contribution is 7.89. The molecule has 0 spiro atoms. The van der Waals surface area contributed by atoms with E-state index in [1.165, 1.54) is 15.7 Å². The van der Waals surface area contributed by atoms with Crippen LogP contribution in [0.15, 0.2) is 29.4 Å². The summed E-state index contributed by atoms with van der Waals surface area (Å²) in [4.78, 5) is 0. The lowest BCUT2D eigenvalue weighted by Gasteiger charge is -2.23. The van der Waals surface area contributed by atoms with Crippen LogP contribution in [0.2, 0.25) is 0 Å². The zero-order valence-electron chi connectivity index (χ0n) is 11.2. The molecule has 3 rings (SSSR count). The summed E-state index contributed by atoms with van der Waals surface area (Å²) in [7, 11) is -2.17. The Hall–Kier alpha value is -1.73. The average molecular weight is 292 g/mol. The Bertz CT molecular complexity index is 751. The van der Waals surface area contributed by atoms with E-state index in [1.807, 2.05) is 12.1 Å². The lowest BCUT2D eigenvalue weighted by molar-refractivity contribution is 0.526. The molecule has 20 heavy (non-hydrogen) atoms. The van der Waals surface area contributed by atoms with Gasteiger partial charge in [0.2, 0.25) is 0 Å². The van der Waals surface area contributed by atoms with E-state index >= 15 is 0 Å². The van der Waals surface area contributed by atoms with Crippen LogP contribution in [0.5, 0.6) is 0 Å². The maximum atomic E-state index is 11.4. The minimum Gasteiger partial charge on any atom is -0.304 e. The predicted molar refractivity (Wildman–Crippen MR) is 73.6 cm³/mol. The second-order valence-corrected chi connectivity index (χ2v) is 6.61. The number of aromatic nitrogens is 3. The number of sulfonamides is 1. The highest BCUT2D eigenvalue weighted by Gasteiger charge is 2.27. The maximum Gasteiger partial charge on any atom is 0.273 e. The van der Waals surface area contributed by atoms with Crippen molar-refractivity contribution in [3.63, 3.8) is 0 Å². The summed E-state index contributed by atoms with van der Waals surface area (Å²) in [6.07, 6.45) is 2.76. The van der Waals surface area contributed by atoms with Crippen molar-refractivity contribution >= 4 is 10.0 Å². The molecule has 0 fully saturated rings. The quantitative estimate of drug-likeness (QED) is 0.883. The Labute approximate surface area is 117 Å². The lowest BCUT2D eigenvalue weighted by Crippen LogP contribution is -2.20. The van der Waals surface area contributed by atoms with Crippen molar-refractivity contribution < 1.29 is 8.42 Å². The molecule has 2 N–H and O–H groups in total. The fraction of sp³-hybridized carbons (Fsp3) is 0.385. The van der Waals surface area contributed by atoms with Gasteiger partial charge in [-0.1, -0.05) is 24.3 Å². The first kappa shape index (κ1) is 13.3. The fourth-order valence-electron chi connectivity index (χ4n) is 2.85. The summed E-state index contributed by atoms with van der Waals surface area (Å²) < 4.78 is 24.3. The van der Waals surface area contributed by atoms with Crippen LogP contribution in [-0.2, 0) is 29.9 Å². The van der Waals surface area contributed by atoms with Gasteiger partial charge in [0.1, 0.15) is 5.82 Å². The van der Waals surface area contributed by atoms with E-state index < -0.39 is 10.0 Å². The van der Waals surface area contributed by atoms with E-state index in [9.17, 15) is 8.42 Å². The summed E-state index contributed by atoms with van der Waals surface area (Å²) in [6, 6.07) is 8.31. The van der Waals surface area contributed by atoms with Crippen LogP contribution in [0.25, 0.3) is 0 Å². The Balaban J connectivity index is 1.95. The Morgan fingerprint density at radius 3 is 2.60 bits per heavy atom. The minimum absolute atomic E-state index is 0.175. The number of primary sulfonamides is 1. The van der Waals surface area contributed by atoms with Gasteiger partial charge < -0.3 is 4.57 Å². The van der Waals surface area contributed by atoms with Gasteiger partial charge >= 0.3 is 0 Å². The molecule has 0 bridgehead atoms. The number of rotatable bonds is 2. The van der Waals surface area contributed by atoms with Crippen molar-refractivity contribution in [1.82, 2.24) is 14.8 Å². The summed E-state index contributed by atoms with van der Waals surface area (Å²) >= 11 is 0. The zero-order chi connectivity index (χ0) is 14.3. The van der Waals surface area contributed by atoms with Crippen LogP contribution < -0.4 is 5.14 Å². The average Bonchev–Trinajstić information content (AvgIpc) is 2.80. The Morgan fingerprint density at radius 2 is 1.95 bits per heavy atom. The molecule has 0 amide bonds.